The Bertz CT molecular complexity index is 418. The Morgan fingerprint density at radius 3 is 2.33 bits per heavy atom. The van der Waals surface area contributed by atoms with E-state index in [2.05, 4.69) is 21.2 Å². The second-order valence-electron chi connectivity index (χ2n) is 3.24. The molecule has 1 aliphatic rings. The van der Waals surface area contributed by atoms with Gasteiger partial charge in [0, 0.05) is 12.1 Å². The highest BCUT2D eigenvalue weighted by Gasteiger charge is 2.38. The van der Waals surface area contributed by atoms with Crippen LogP contribution >= 0.6 is 15.9 Å². The second-order valence-corrected chi connectivity index (χ2v) is 4.22. The van der Waals surface area contributed by atoms with E-state index in [1.807, 2.05) is 0 Å². The highest BCUT2D eigenvalue weighted by atomic mass is 79.9. The highest BCUT2D eigenvalue weighted by Crippen LogP contribution is 2.30. The molecular formula is C9H7BrN2O3. The Balaban J connectivity index is 2.18. The molecule has 1 aliphatic heterocycles. The quantitative estimate of drug-likeness (QED) is 0.383. The molecule has 0 aromatic heterocycles. The highest BCUT2D eigenvalue weighted by molar-refractivity contribution is 9.10. The Labute approximate surface area is 93.8 Å². The fourth-order valence-electron chi connectivity index (χ4n) is 1.42. The summed E-state index contributed by atoms with van der Waals surface area (Å²) in [6.45, 7) is 0. The number of carbonyl (C=O) groups is 1. The molecule has 0 radical (unpaired) electrons. The predicted molar refractivity (Wildman–Crippen MR) is 56.7 cm³/mol. The lowest BCUT2D eigenvalue weighted by molar-refractivity contribution is -0.384. The van der Waals surface area contributed by atoms with E-state index in [4.69, 9.17) is 0 Å². The van der Waals surface area contributed by atoms with E-state index in [9.17, 15) is 14.9 Å². The van der Waals surface area contributed by atoms with E-state index >= 15 is 0 Å². The molecule has 78 valence electrons. The minimum absolute atomic E-state index is 0.0514. The number of nitro benzene ring substituents is 1. The average molecular weight is 271 g/mol. The first-order valence-electron chi connectivity index (χ1n) is 4.28. The van der Waals surface area contributed by atoms with Gasteiger partial charge in [0.05, 0.1) is 11.0 Å². The van der Waals surface area contributed by atoms with Gasteiger partial charge in [0.15, 0.2) is 0 Å². The number of non-ortho nitro benzene ring substituents is 1. The van der Waals surface area contributed by atoms with Gasteiger partial charge in [-0.05, 0) is 5.56 Å². The van der Waals surface area contributed by atoms with Crippen LogP contribution in [0.1, 0.15) is 11.6 Å². The zero-order chi connectivity index (χ0) is 11.0. The van der Waals surface area contributed by atoms with Gasteiger partial charge in [0.1, 0.15) is 4.83 Å². The molecule has 1 saturated heterocycles. The Morgan fingerprint density at radius 2 is 1.93 bits per heavy atom. The predicted octanol–water partition coefficient (Wildman–Crippen LogP) is 1.53. The zero-order valence-corrected chi connectivity index (χ0v) is 9.10. The van der Waals surface area contributed by atoms with Crippen molar-refractivity contribution in [1.29, 1.82) is 0 Å². The summed E-state index contributed by atoms with van der Waals surface area (Å²) in [6.07, 6.45) is 0. The standard InChI is InChI=1S/C9H7BrN2O3/c10-7-8(11-9(7)13)5-1-3-6(4-2-5)12(14)15/h1-4,7-8H,(H,11,13)/t7-,8-/m1/s1. The summed E-state index contributed by atoms with van der Waals surface area (Å²) in [5.41, 5.74) is 0.914. The minimum atomic E-state index is -0.450. The maximum absolute atomic E-state index is 10.9. The molecule has 0 aliphatic carbocycles. The fraction of sp³-hybridized carbons (Fsp3) is 0.222. The van der Waals surface area contributed by atoms with Crippen molar-refractivity contribution in [2.24, 2.45) is 0 Å². The maximum Gasteiger partial charge on any atom is 0.269 e. The molecule has 6 heteroatoms. The van der Waals surface area contributed by atoms with E-state index in [1.54, 1.807) is 12.1 Å². The van der Waals surface area contributed by atoms with Crippen LogP contribution in [0.5, 0.6) is 0 Å². The summed E-state index contributed by atoms with van der Waals surface area (Å²) >= 11 is 3.23. The molecule has 1 heterocycles. The van der Waals surface area contributed by atoms with Crippen molar-refractivity contribution >= 4 is 27.5 Å². The molecule has 0 bridgehead atoms. The van der Waals surface area contributed by atoms with Gasteiger partial charge in [-0.25, -0.2) is 0 Å². The molecule has 0 spiro atoms. The van der Waals surface area contributed by atoms with Crippen LogP contribution in [0.2, 0.25) is 0 Å². The van der Waals surface area contributed by atoms with E-state index in [-0.39, 0.29) is 22.5 Å². The SMILES string of the molecule is O=C1N[C@H](c2ccc([N+](=O)[O-])cc2)[C@H]1Br. The van der Waals surface area contributed by atoms with E-state index in [1.165, 1.54) is 12.1 Å². The molecule has 2 rings (SSSR count). The number of nitro groups is 1. The number of benzene rings is 1. The van der Waals surface area contributed by atoms with Crippen LogP contribution in [0.3, 0.4) is 0 Å². The van der Waals surface area contributed by atoms with Gasteiger partial charge >= 0.3 is 0 Å². The molecule has 0 unspecified atom stereocenters. The zero-order valence-electron chi connectivity index (χ0n) is 7.51. The first-order chi connectivity index (χ1) is 7.09. The minimum Gasteiger partial charge on any atom is -0.347 e. The Kier molecular flexibility index (Phi) is 2.44. The summed E-state index contributed by atoms with van der Waals surface area (Å²) in [7, 11) is 0. The van der Waals surface area contributed by atoms with Gasteiger partial charge in [-0.1, -0.05) is 28.1 Å². The summed E-state index contributed by atoms with van der Waals surface area (Å²) in [4.78, 5) is 20.6. The number of amides is 1. The molecule has 1 aromatic rings. The van der Waals surface area contributed by atoms with Crippen LogP contribution in [0, 0.1) is 10.1 Å². The number of alkyl halides is 1. The molecule has 1 N–H and O–H groups in total. The molecule has 1 aromatic carbocycles. The number of nitrogens with zero attached hydrogens (tertiary/aromatic N) is 1. The monoisotopic (exact) mass is 270 g/mol. The Hall–Kier alpha value is -1.43. The molecular weight excluding hydrogens is 264 g/mol. The lowest BCUT2D eigenvalue weighted by atomic mass is 9.97. The van der Waals surface area contributed by atoms with Gasteiger partial charge < -0.3 is 5.32 Å². The van der Waals surface area contributed by atoms with Crippen molar-refractivity contribution in [3.8, 4) is 0 Å². The topological polar surface area (TPSA) is 72.2 Å². The van der Waals surface area contributed by atoms with Crippen LogP contribution in [0.15, 0.2) is 24.3 Å². The van der Waals surface area contributed by atoms with Crippen LogP contribution < -0.4 is 5.32 Å². The number of carbonyl (C=O) groups excluding carboxylic acids is 1. The van der Waals surface area contributed by atoms with Gasteiger partial charge in [0.2, 0.25) is 5.91 Å². The summed E-state index contributed by atoms with van der Waals surface area (Å²) in [6, 6.07) is 6.07. The van der Waals surface area contributed by atoms with Gasteiger partial charge in [-0.2, -0.15) is 0 Å². The van der Waals surface area contributed by atoms with Gasteiger partial charge in [-0.15, -0.1) is 0 Å². The summed E-state index contributed by atoms with van der Waals surface area (Å²) in [5, 5.41) is 13.1. The fourth-order valence-corrected chi connectivity index (χ4v) is 1.99. The van der Waals surface area contributed by atoms with E-state index < -0.39 is 4.92 Å². The normalized spacial score (nSPS) is 24.2. The smallest absolute Gasteiger partial charge is 0.269 e. The molecule has 0 saturated carbocycles. The van der Waals surface area contributed by atoms with Crippen molar-refractivity contribution < 1.29 is 9.72 Å². The molecule has 2 atom stereocenters. The third-order valence-corrected chi connectivity index (χ3v) is 3.25. The lowest BCUT2D eigenvalue weighted by Crippen LogP contribution is -2.52. The molecule has 1 amide bonds. The van der Waals surface area contributed by atoms with Gasteiger partial charge in [0.25, 0.3) is 5.69 Å². The number of β-lactam (4-membered cyclic amide) rings is 1. The van der Waals surface area contributed by atoms with E-state index in [0.717, 1.165) is 5.56 Å². The van der Waals surface area contributed by atoms with Crippen molar-refractivity contribution in [1.82, 2.24) is 5.32 Å². The maximum atomic E-state index is 10.9. The number of hydrogen-bond acceptors (Lipinski definition) is 3. The summed E-state index contributed by atoms with van der Waals surface area (Å²) in [5.74, 6) is -0.0571. The van der Waals surface area contributed by atoms with Crippen LogP contribution in [-0.2, 0) is 4.79 Å². The van der Waals surface area contributed by atoms with Crippen LogP contribution in [-0.4, -0.2) is 15.7 Å². The molecule has 15 heavy (non-hydrogen) atoms. The third kappa shape index (κ3) is 1.72. The van der Waals surface area contributed by atoms with Crippen molar-refractivity contribution in [2.45, 2.75) is 10.9 Å². The van der Waals surface area contributed by atoms with Gasteiger partial charge in [-0.3, -0.25) is 14.9 Å². The van der Waals surface area contributed by atoms with Crippen molar-refractivity contribution in [3.05, 3.63) is 39.9 Å². The first kappa shape index (κ1) is 10.1. The Morgan fingerprint density at radius 1 is 1.33 bits per heavy atom. The largest absolute Gasteiger partial charge is 0.347 e. The number of rotatable bonds is 2. The molecule has 1 fully saturated rings. The number of halogens is 1. The van der Waals surface area contributed by atoms with Crippen LogP contribution in [0.4, 0.5) is 5.69 Å². The molecule has 5 nitrogen and oxygen atoms in total. The first-order valence-corrected chi connectivity index (χ1v) is 5.20. The number of hydrogen-bond donors (Lipinski definition) is 1. The third-order valence-electron chi connectivity index (χ3n) is 2.30. The van der Waals surface area contributed by atoms with Crippen molar-refractivity contribution in [2.75, 3.05) is 0 Å². The van der Waals surface area contributed by atoms with Crippen molar-refractivity contribution in [3.63, 3.8) is 0 Å². The number of nitrogens with one attached hydrogen (secondary N) is 1. The van der Waals surface area contributed by atoms with Crippen LogP contribution in [0.25, 0.3) is 0 Å². The summed E-state index contributed by atoms with van der Waals surface area (Å²) < 4.78 is 0. The lowest BCUT2D eigenvalue weighted by Gasteiger charge is -2.33. The van der Waals surface area contributed by atoms with E-state index in [0.29, 0.717) is 0 Å². The second kappa shape index (κ2) is 3.62. The average Bonchev–Trinajstić information content (AvgIpc) is 2.25.